The first-order chi connectivity index (χ1) is 6.58. The molecule has 2 fully saturated rings. The van der Waals surface area contributed by atoms with Crippen molar-refractivity contribution in [3.8, 4) is 0 Å². The molecule has 1 aliphatic heterocycles. The highest BCUT2D eigenvalue weighted by Crippen LogP contribution is 2.58. The second-order valence-corrected chi connectivity index (χ2v) is 5.89. The fourth-order valence-corrected chi connectivity index (χ4v) is 3.99. The molecule has 1 saturated heterocycles. The van der Waals surface area contributed by atoms with Crippen molar-refractivity contribution in [3.63, 3.8) is 0 Å². The predicted molar refractivity (Wildman–Crippen MR) is 55.7 cm³/mol. The van der Waals surface area contributed by atoms with Gasteiger partial charge in [0.15, 0.2) is 0 Å². The molecule has 0 aromatic carbocycles. The molecule has 82 valence electrons. The summed E-state index contributed by atoms with van der Waals surface area (Å²) in [5, 5.41) is 0. The lowest BCUT2D eigenvalue weighted by molar-refractivity contribution is -0.179. The van der Waals surface area contributed by atoms with Gasteiger partial charge in [-0.3, -0.25) is 0 Å². The Bertz CT molecular complexity index is 206. The maximum Gasteiger partial charge on any atom is 0.249 e. The average molecular weight is 221 g/mol. The first-order valence-electron chi connectivity index (χ1n) is 5.24. The Morgan fingerprint density at radius 1 is 1.21 bits per heavy atom. The zero-order chi connectivity index (χ0) is 10.2. The van der Waals surface area contributed by atoms with Gasteiger partial charge in [0.1, 0.15) is 0 Å². The molecule has 0 spiro atoms. The summed E-state index contributed by atoms with van der Waals surface area (Å²) in [4.78, 5) is 0. The van der Waals surface area contributed by atoms with E-state index in [1.807, 2.05) is 11.8 Å². The lowest BCUT2D eigenvalue weighted by Crippen LogP contribution is -2.55. The van der Waals surface area contributed by atoms with E-state index in [1.165, 1.54) is 0 Å². The number of nitrogens with two attached hydrogens (primary N) is 1. The number of halogens is 2. The van der Waals surface area contributed by atoms with Gasteiger partial charge in [-0.2, -0.15) is 11.8 Å². The molecule has 1 nitrogen and oxygen atoms in total. The molecule has 1 aliphatic carbocycles. The van der Waals surface area contributed by atoms with E-state index in [0.29, 0.717) is 12.5 Å². The highest BCUT2D eigenvalue weighted by atomic mass is 32.2. The first-order valence-corrected chi connectivity index (χ1v) is 6.39. The van der Waals surface area contributed by atoms with Crippen LogP contribution in [0.4, 0.5) is 8.78 Å². The van der Waals surface area contributed by atoms with Gasteiger partial charge < -0.3 is 5.73 Å². The highest BCUT2D eigenvalue weighted by Gasteiger charge is 2.58. The third kappa shape index (κ3) is 1.78. The minimum atomic E-state index is -2.43. The summed E-state index contributed by atoms with van der Waals surface area (Å²) >= 11 is 1.93. The summed E-state index contributed by atoms with van der Waals surface area (Å²) < 4.78 is 25.8. The normalized spacial score (nSPS) is 31.1. The van der Waals surface area contributed by atoms with Gasteiger partial charge in [0.05, 0.1) is 0 Å². The summed E-state index contributed by atoms with van der Waals surface area (Å²) in [6, 6.07) is 0. The Kier molecular flexibility index (Phi) is 2.77. The Labute approximate surface area is 87.8 Å². The minimum absolute atomic E-state index is 0.0336. The fraction of sp³-hybridized carbons (Fsp3) is 1.00. The molecule has 0 unspecified atom stereocenters. The van der Waals surface area contributed by atoms with Crippen LogP contribution in [0.5, 0.6) is 0 Å². The third-order valence-corrected chi connectivity index (χ3v) is 4.76. The molecule has 1 heterocycles. The van der Waals surface area contributed by atoms with Gasteiger partial charge in [0.25, 0.3) is 0 Å². The average Bonchev–Trinajstić information content (AvgIpc) is 2.15. The second-order valence-electron chi connectivity index (χ2n) is 4.66. The topological polar surface area (TPSA) is 26.0 Å². The van der Waals surface area contributed by atoms with Crippen molar-refractivity contribution in [1.29, 1.82) is 0 Å². The predicted octanol–water partition coefficient (Wildman–Crippen LogP) is 2.50. The van der Waals surface area contributed by atoms with Crippen molar-refractivity contribution >= 4 is 11.8 Å². The molecule has 0 radical (unpaired) electrons. The zero-order valence-electron chi connectivity index (χ0n) is 8.27. The smallest absolute Gasteiger partial charge is 0.249 e. The van der Waals surface area contributed by atoms with E-state index in [4.69, 9.17) is 5.73 Å². The molecule has 1 saturated carbocycles. The van der Waals surface area contributed by atoms with Crippen molar-refractivity contribution in [1.82, 2.24) is 0 Å². The van der Waals surface area contributed by atoms with Crippen LogP contribution < -0.4 is 5.73 Å². The van der Waals surface area contributed by atoms with Gasteiger partial charge in [-0.15, -0.1) is 0 Å². The van der Waals surface area contributed by atoms with Gasteiger partial charge >= 0.3 is 0 Å². The Morgan fingerprint density at radius 3 is 2.21 bits per heavy atom. The van der Waals surface area contributed by atoms with E-state index in [1.54, 1.807) is 0 Å². The third-order valence-electron chi connectivity index (χ3n) is 3.72. The van der Waals surface area contributed by atoms with Crippen LogP contribution >= 0.6 is 11.8 Å². The van der Waals surface area contributed by atoms with Crippen molar-refractivity contribution < 1.29 is 8.78 Å². The Hall–Kier alpha value is 0.170. The number of hydrogen-bond acceptors (Lipinski definition) is 2. The molecule has 2 rings (SSSR count). The van der Waals surface area contributed by atoms with E-state index in [2.05, 4.69) is 0 Å². The summed E-state index contributed by atoms with van der Waals surface area (Å²) in [6.07, 6.45) is 2.23. The molecule has 0 aromatic heterocycles. The van der Waals surface area contributed by atoms with Crippen LogP contribution in [0.25, 0.3) is 0 Å². The van der Waals surface area contributed by atoms with Crippen LogP contribution in [0.2, 0.25) is 0 Å². The zero-order valence-corrected chi connectivity index (χ0v) is 9.09. The lowest BCUT2D eigenvalue weighted by atomic mass is 9.57. The summed E-state index contributed by atoms with van der Waals surface area (Å²) in [6.45, 7) is 0.442. The monoisotopic (exact) mass is 221 g/mol. The van der Waals surface area contributed by atoms with Crippen LogP contribution in [-0.2, 0) is 0 Å². The SMILES string of the molecule is NCC1(C2CCSCC2)CC(F)(F)C1. The van der Waals surface area contributed by atoms with Crippen molar-refractivity contribution in [2.24, 2.45) is 17.1 Å². The Morgan fingerprint density at radius 2 is 1.79 bits per heavy atom. The minimum Gasteiger partial charge on any atom is -0.330 e. The Balaban J connectivity index is 1.99. The standard InChI is InChI=1S/C10H17F2NS/c11-10(12)5-9(6-10,7-13)8-1-3-14-4-2-8/h8H,1-7,13H2. The van der Waals surface area contributed by atoms with Crippen molar-refractivity contribution in [2.45, 2.75) is 31.6 Å². The van der Waals surface area contributed by atoms with Crippen LogP contribution in [-0.4, -0.2) is 24.0 Å². The van der Waals surface area contributed by atoms with Crippen molar-refractivity contribution in [2.75, 3.05) is 18.1 Å². The van der Waals surface area contributed by atoms with E-state index < -0.39 is 5.92 Å². The molecule has 0 atom stereocenters. The second kappa shape index (κ2) is 3.63. The van der Waals surface area contributed by atoms with E-state index in [0.717, 1.165) is 24.3 Å². The molecule has 2 aliphatic rings. The molecular formula is C10H17F2NS. The van der Waals surface area contributed by atoms with E-state index in [9.17, 15) is 8.78 Å². The van der Waals surface area contributed by atoms with Crippen LogP contribution in [0.1, 0.15) is 25.7 Å². The molecular weight excluding hydrogens is 204 g/mol. The quantitative estimate of drug-likeness (QED) is 0.775. The molecule has 0 aromatic rings. The number of thioether (sulfide) groups is 1. The lowest BCUT2D eigenvalue weighted by Gasteiger charge is -2.52. The molecule has 0 amide bonds. The van der Waals surface area contributed by atoms with E-state index in [-0.39, 0.29) is 18.3 Å². The van der Waals surface area contributed by atoms with E-state index >= 15 is 0 Å². The van der Waals surface area contributed by atoms with Gasteiger partial charge in [0, 0.05) is 12.8 Å². The first kappa shape index (κ1) is 10.7. The number of alkyl halides is 2. The summed E-state index contributed by atoms with van der Waals surface area (Å²) in [5.74, 6) is 0.272. The van der Waals surface area contributed by atoms with Gasteiger partial charge in [-0.1, -0.05) is 0 Å². The van der Waals surface area contributed by atoms with Gasteiger partial charge in [0.2, 0.25) is 5.92 Å². The number of rotatable bonds is 2. The maximum atomic E-state index is 12.9. The molecule has 2 N–H and O–H groups in total. The highest BCUT2D eigenvalue weighted by molar-refractivity contribution is 7.99. The molecule has 14 heavy (non-hydrogen) atoms. The van der Waals surface area contributed by atoms with Crippen molar-refractivity contribution in [3.05, 3.63) is 0 Å². The van der Waals surface area contributed by atoms with Crippen LogP contribution in [0.15, 0.2) is 0 Å². The number of hydrogen-bond donors (Lipinski definition) is 1. The largest absolute Gasteiger partial charge is 0.330 e. The summed E-state index contributed by atoms with van der Waals surface area (Å²) in [7, 11) is 0. The molecule has 0 bridgehead atoms. The van der Waals surface area contributed by atoms with Gasteiger partial charge in [-0.25, -0.2) is 8.78 Å². The maximum absolute atomic E-state index is 12.9. The summed E-state index contributed by atoms with van der Waals surface area (Å²) in [5.41, 5.74) is 5.46. The van der Waals surface area contributed by atoms with Crippen LogP contribution in [0.3, 0.4) is 0 Å². The fourth-order valence-electron chi connectivity index (χ4n) is 2.89. The van der Waals surface area contributed by atoms with Crippen LogP contribution in [0, 0.1) is 11.3 Å². The molecule has 4 heteroatoms. The van der Waals surface area contributed by atoms with Gasteiger partial charge in [-0.05, 0) is 42.2 Å².